The van der Waals surface area contributed by atoms with E-state index in [2.05, 4.69) is 11.0 Å². The topological polar surface area (TPSA) is 49.8 Å². The standard InChI is InChI=1S/C14H17NO3/c16-14(17)13-11-15(9-10-18-13)8-4-7-12-5-2-1-3-6-12/h1-7,13H,8-11H2,(H,16,17). The van der Waals surface area contributed by atoms with Crippen LogP contribution in [0.5, 0.6) is 0 Å². The summed E-state index contributed by atoms with van der Waals surface area (Å²) in [5.41, 5.74) is 1.15. The van der Waals surface area contributed by atoms with Crippen LogP contribution in [0, 0.1) is 0 Å². The summed E-state index contributed by atoms with van der Waals surface area (Å²) in [5, 5.41) is 8.89. The van der Waals surface area contributed by atoms with Gasteiger partial charge in [0.15, 0.2) is 6.10 Å². The Kier molecular flexibility index (Phi) is 4.50. The van der Waals surface area contributed by atoms with Crippen molar-refractivity contribution in [3.05, 3.63) is 42.0 Å². The Bertz CT molecular complexity index is 416. The molecule has 0 spiro atoms. The fraction of sp³-hybridized carbons (Fsp3) is 0.357. The Balaban J connectivity index is 1.83. The van der Waals surface area contributed by atoms with E-state index in [1.165, 1.54) is 0 Å². The maximum atomic E-state index is 10.8. The molecule has 1 N–H and O–H groups in total. The Hall–Kier alpha value is -1.65. The first-order valence-corrected chi connectivity index (χ1v) is 6.04. The fourth-order valence-corrected chi connectivity index (χ4v) is 1.92. The van der Waals surface area contributed by atoms with Crippen molar-refractivity contribution in [1.82, 2.24) is 4.90 Å². The minimum atomic E-state index is -0.883. The van der Waals surface area contributed by atoms with Crippen LogP contribution in [0.4, 0.5) is 0 Å². The summed E-state index contributed by atoms with van der Waals surface area (Å²) in [5.74, 6) is -0.883. The first-order chi connectivity index (χ1) is 8.75. The largest absolute Gasteiger partial charge is 0.479 e. The van der Waals surface area contributed by atoms with Crippen molar-refractivity contribution in [3.8, 4) is 0 Å². The van der Waals surface area contributed by atoms with Crippen LogP contribution in [0.1, 0.15) is 5.56 Å². The number of ether oxygens (including phenoxy) is 1. The minimum absolute atomic E-state index is 0.453. The third-order valence-electron chi connectivity index (χ3n) is 2.90. The van der Waals surface area contributed by atoms with E-state index in [-0.39, 0.29) is 0 Å². The Morgan fingerprint density at radius 2 is 2.22 bits per heavy atom. The van der Waals surface area contributed by atoms with Gasteiger partial charge in [0.1, 0.15) is 0 Å². The molecule has 0 aliphatic carbocycles. The normalized spacial score (nSPS) is 21.2. The van der Waals surface area contributed by atoms with Gasteiger partial charge in [-0.3, -0.25) is 4.90 Å². The van der Waals surface area contributed by atoms with Gasteiger partial charge in [-0.1, -0.05) is 42.5 Å². The van der Waals surface area contributed by atoms with Crippen molar-refractivity contribution < 1.29 is 14.6 Å². The fourth-order valence-electron chi connectivity index (χ4n) is 1.92. The SMILES string of the molecule is O=C(O)C1CN(CC=Cc2ccccc2)CCO1. The van der Waals surface area contributed by atoms with Gasteiger partial charge in [-0.25, -0.2) is 4.79 Å². The maximum Gasteiger partial charge on any atom is 0.334 e. The zero-order valence-corrected chi connectivity index (χ0v) is 10.2. The molecular formula is C14H17NO3. The molecule has 0 amide bonds. The summed E-state index contributed by atoms with van der Waals surface area (Å²) >= 11 is 0. The van der Waals surface area contributed by atoms with Crippen molar-refractivity contribution in [3.63, 3.8) is 0 Å². The summed E-state index contributed by atoms with van der Waals surface area (Å²) in [6.07, 6.45) is 3.41. The molecule has 1 fully saturated rings. The number of carboxylic acids is 1. The molecular weight excluding hydrogens is 230 g/mol. The lowest BCUT2D eigenvalue weighted by molar-refractivity contribution is -0.155. The molecule has 1 atom stereocenters. The monoisotopic (exact) mass is 247 g/mol. The Labute approximate surface area is 106 Å². The lowest BCUT2D eigenvalue weighted by Gasteiger charge is -2.29. The third kappa shape index (κ3) is 3.68. The van der Waals surface area contributed by atoms with Gasteiger partial charge in [0.05, 0.1) is 6.61 Å². The van der Waals surface area contributed by atoms with E-state index in [1.807, 2.05) is 36.4 Å². The van der Waals surface area contributed by atoms with Gasteiger partial charge in [-0.05, 0) is 5.56 Å². The van der Waals surface area contributed by atoms with Crippen LogP contribution >= 0.6 is 0 Å². The van der Waals surface area contributed by atoms with Crippen molar-refractivity contribution in [1.29, 1.82) is 0 Å². The summed E-state index contributed by atoms with van der Waals surface area (Å²) in [6.45, 7) is 2.47. The number of benzene rings is 1. The van der Waals surface area contributed by atoms with E-state index in [1.54, 1.807) is 0 Å². The number of nitrogens with zero attached hydrogens (tertiary/aromatic N) is 1. The van der Waals surface area contributed by atoms with E-state index in [4.69, 9.17) is 9.84 Å². The predicted molar refractivity (Wildman–Crippen MR) is 69.3 cm³/mol. The lowest BCUT2D eigenvalue weighted by atomic mass is 10.2. The van der Waals surface area contributed by atoms with E-state index < -0.39 is 12.1 Å². The highest BCUT2D eigenvalue weighted by Crippen LogP contribution is 2.06. The van der Waals surface area contributed by atoms with Gasteiger partial charge in [0.2, 0.25) is 0 Å². The predicted octanol–water partition coefficient (Wildman–Crippen LogP) is 1.49. The first kappa shape index (κ1) is 12.8. The number of aliphatic carboxylic acids is 1. The van der Waals surface area contributed by atoms with Crippen LogP contribution in [0.3, 0.4) is 0 Å². The van der Waals surface area contributed by atoms with E-state index in [0.717, 1.165) is 18.7 Å². The van der Waals surface area contributed by atoms with Crippen LogP contribution < -0.4 is 0 Å². The quantitative estimate of drug-likeness (QED) is 0.875. The number of rotatable bonds is 4. The first-order valence-electron chi connectivity index (χ1n) is 6.04. The number of carbonyl (C=O) groups is 1. The molecule has 2 rings (SSSR count). The average Bonchev–Trinajstić information content (AvgIpc) is 2.40. The van der Waals surface area contributed by atoms with Crippen LogP contribution in [0.15, 0.2) is 36.4 Å². The van der Waals surface area contributed by atoms with Crippen LogP contribution in [-0.2, 0) is 9.53 Å². The average molecular weight is 247 g/mol. The van der Waals surface area contributed by atoms with Gasteiger partial charge in [0.25, 0.3) is 0 Å². The van der Waals surface area contributed by atoms with Crippen LogP contribution in [-0.4, -0.2) is 48.3 Å². The molecule has 1 unspecified atom stereocenters. The molecule has 1 aromatic rings. The Morgan fingerprint density at radius 1 is 1.44 bits per heavy atom. The molecule has 4 nitrogen and oxygen atoms in total. The molecule has 1 aliphatic rings. The molecule has 1 aromatic carbocycles. The summed E-state index contributed by atoms with van der Waals surface area (Å²) < 4.78 is 5.17. The van der Waals surface area contributed by atoms with Crippen molar-refractivity contribution >= 4 is 12.0 Å². The van der Waals surface area contributed by atoms with Gasteiger partial charge >= 0.3 is 5.97 Å². The molecule has 96 valence electrons. The van der Waals surface area contributed by atoms with Gasteiger partial charge in [-0.2, -0.15) is 0 Å². The third-order valence-corrected chi connectivity index (χ3v) is 2.90. The number of hydrogen-bond acceptors (Lipinski definition) is 3. The second kappa shape index (κ2) is 6.33. The Morgan fingerprint density at radius 3 is 2.94 bits per heavy atom. The summed E-state index contributed by atoms with van der Waals surface area (Å²) in [4.78, 5) is 12.9. The van der Waals surface area contributed by atoms with Crippen LogP contribution in [0.25, 0.3) is 6.08 Å². The second-order valence-electron chi connectivity index (χ2n) is 4.27. The zero-order valence-electron chi connectivity index (χ0n) is 10.2. The van der Waals surface area contributed by atoms with Gasteiger partial charge in [-0.15, -0.1) is 0 Å². The van der Waals surface area contributed by atoms with Crippen LogP contribution in [0.2, 0.25) is 0 Å². The maximum absolute atomic E-state index is 10.8. The molecule has 1 aliphatic heterocycles. The second-order valence-corrected chi connectivity index (χ2v) is 4.27. The zero-order chi connectivity index (χ0) is 12.8. The number of hydrogen-bond donors (Lipinski definition) is 1. The van der Waals surface area contributed by atoms with Gasteiger partial charge in [0, 0.05) is 19.6 Å². The van der Waals surface area contributed by atoms with E-state index >= 15 is 0 Å². The minimum Gasteiger partial charge on any atom is -0.479 e. The number of morpholine rings is 1. The molecule has 4 heteroatoms. The molecule has 18 heavy (non-hydrogen) atoms. The highest BCUT2D eigenvalue weighted by Gasteiger charge is 2.25. The molecule has 0 bridgehead atoms. The van der Waals surface area contributed by atoms with E-state index in [0.29, 0.717) is 13.2 Å². The van der Waals surface area contributed by atoms with Gasteiger partial charge < -0.3 is 9.84 Å². The molecule has 1 heterocycles. The number of carboxylic acid groups (broad SMARTS) is 1. The van der Waals surface area contributed by atoms with Crippen molar-refractivity contribution in [2.24, 2.45) is 0 Å². The molecule has 0 aromatic heterocycles. The molecule has 0 radical (unpaired) electrons. The van der Waals surface area contributed by atoms with E-state index in [9.17, 15) is 4.79 Å². The highest BCUT2D eigenvalue weighted by atomic mass is 16.5. The summed E-state index contributed by atoms with van der Waals surface area (Å²) in [7, 11) is 0. The lowest BCUT2D eigenvalue weighted by Crippen LogP contribution is -2.45. The molecule has 1 saturated heterocycles. The molecule has 0 saturated carbocycles. The van der Waals surface area contributed by atoms with Crippen molar-refractivity contribution in [2.75, 3.05) is 26.2 Å². The smallest absolute Gasteiger partial charge is 0.334 e. The van der Waals surface area contributed by atoms with Crippen molar-refractivity contribution in [2.45, 2.75) is 6.10 Å². The highest BCUT2D eigenvalue weighted by molar-refractivity contribution is 5.72. The summed E-state index contributed by atoms with van der Waals surface area (Å²) in [6, 6.07) is 10.0.